The Hall–Kier alpha value is -2.60. The van der Waals surface area contributed by atoms with E-state index >= 15 is 0 Å². The smallest absolute Gasteiger partial charge is 0.250 e. The Morgan fingerprint density at radius 2 is 1.92 bits per heavy atom. The second-order valence-corrected chi connectivity index (χ2v) is 6.06. The van der Waals surface area contributed by atoms with Crippen LogP contribution in [0.2, 0.25) is 0 Å². The molecule has 2 aromatic rings. The van der Waals surface area contributed by atoms with Gasteiger partial charge in [0.05, 0.1) is 6.54 Å². The molecule has 1 aromatic heterocycles. The fourth-order valence-electron chi connectivity index (χ4n) is 2.76. The summed E-state index contributed by atoms with van der Waals surface area (Å²) in [6.45, 7) is 0.774. The van der Waals surface area contributed by atoms with Crippen LogP contribution in [0.15, 0.2) is 59.5 Å². The van der Waals surface area contributed by atoms with Crippen molar-refractivity contribution in [1.29, 1.82) is 0 Å². The van der Waals surface area contributed by atoms with Gasteiger partial charge in [-0.2, -0.15) is 0 Å². The Bertz CT molecular complexity index is 759. The summed E-state index contributed by atoms with van der Waals surface area (Å²) < 4.78 is 6.98. The predicted octanol–water partition coefficient (Wildman–Crippen LogP) is 0.891. The molecule has 126 valence electrons. The molecule has 1 N–H and O–H groups in total. The van der Waals surface area contributed by atoms with Gasteiger partial charge in [-0.1, -0.05) is 24.3 Å². The summed E-state index contributed by atoms with van der Waals surface area (Å²) in [4.78, 5) is 25.6. The molecule has 0 bridgehead atoms. The second kappa shape index (κ2) is 6.88. The quantitative estimate of drug-likeness (QED) is 0.885. The molecule has 0 spiro atoms. The third-order valence-corrected chi connectivity index (χ3v) is 4.14. The number of likely N-dealkylation sites (tertiary alicyclic amines) is 1. The third kappa shape index (κ3) is 3.83. The van der Waals surface area contributed by atoms with Crippen LogP contribution in [-0.4, -0.2) is 45.8 Å². The molecule has 6 nitrogen and oxygen atoms in total. The molecule has 1 fully saturated rings. The molecular formula is C18H20N2O4. The fourth-order valence-corrected chi connectivity index (χ4v) is 2.76. The monoisotopic (exact) mass is 328 g/mol. The van der Waals surface area contributed by atoms with E-state index in [9.17, 15) is 14.7 Å². The number of β-amino-alcohol motifs (C(OH)–C–C–N with tert-alkyl or cyclic N) is 1. The summed E-state index contributed by atoms with van der Waals surface area (Å²) in [7, 11) is 0. The first kappa shape index (κ1) is 16.3. The summed E-state index contributed by atoms with van der Waals surface area (Å²) in [5.41, 5.74) is -1.28. The first-order chi connectivity index (χ1) is 11.6. The Morgan fingerprint density at radius 3 is 2.67 bits per heavy atom. The first-order valence-electron chi connectivity index (χ1n) is 7.89. The van der Waals surface area contributed by atoms with Gasteiger partial charge in [-0.25, -0.2) is 0 Å². The van der Waals surface area contributed by atoms with E-state index in [1.54, 1.807) is 23.2 Å². The number of carbonyl (C=O) groups excluding carboxylic acids is 1. The standard InChI is InChI=1S/C18H20N2O4/c21-16-8-4-5-10-19(16)12-17(22)20-11-9-18(23,13-20)14-24-15-6-2-1-3-7-15/h1-8,10,23H,9,11-14H2/t18-/m0/s1. The normalized spacial score (nSPS) is 20.1. The number of amides is 1. The van der Waals surface area contributed by atoms with Gasteiger partial charge in [-0.05, 0) is 24.6 Å². The lowest BCUT2D eigenvalue weighted by Gasteiger charge is -2.23. The van der Waals surface area contributed by atoms with Gasteiger partial charge in [0.25, 0.3) is 5.56 Å². The average molecular weight is 328 g/mol. The zero-order valence-corrected chi connectivity index (χ0v) is 13.3. The minimum absolute atomic E-state index is 0.0186. The molecule has 0 unspecified atom stereocenters. The van der Waals surface area contributed by atoms with Crippen LogP contribution in [0.1, 0.15) is 6.42 Å². The van der Waals surface area contributed by atoms with Crippen LogP contribution < -0.4 is 10.3 Å². The highest BCUT2D eigenvalue weighted by Crippen LogP contribution is 2.23. The molecular weight excluding hydrogens is 308 g/mol. The SMILES string of the molecule is O=C(Cn1ccccc1=O)N1CC[C@@](O)(COc2ccccc2)C1. The molecule has 1 atom stereocenters. The van der Waals surface area contributed by atoms with Crippen LogP contribution in [0.4, 0.5) is 0 Å². The summed E-state index contributed by atoms with van der Waals surface area (Å²) >= 11 is 0. The van der Waals surface area contributed by atoms with E-state index in [2.05, 4.69) is 0 Å². The number of benzene rings is 1. The van der Waals surface area contributed by atoms with Crippen LogP contribution in [-0.2, 0) is 11.3 Å². The Kier molecular flexibility index (Phi) is 4.66. The van der Waals surface area contributed by atoms with Gasteiger partial charge in [-0.3, -0.25) is 9.59 Å². The van der Waals surface area contributed by atoms with Gasteiger partial charge in [0.2, 0.25) is 5.91 Å². The molecule has 1 aliphatic heterocycles. The molecule has 1 aliphatic rings. The number of rotatable bonds is 5. The van der Waals surface area contributed by atoms with Crippen LogP contribution in [0.5, 0.6) is 5.75 Å². The number of hydrogen-bond donors (Lipinski definition) is 1. The molecule has 1 aromatic carbocycles. The van der Waals surface area contributed by atoms with Crippen LogP contribution in [0, 0.1) is 0 Å². The maximum atomic E-state index is 12.3. The largest absolute Gasteiger partial charge is 0.491 e. The highest BCUT2D eigenvalue weighted by atomic mass is 16.5. The number of para-hydroxylation sites is 1. The van der Waals surface area contributed by atoms with Crippen molar-refractivity contribution in [3.63, 3.8) is 0 Å². The van der Waals surface area contributed by atoms with E-state index in [1.807, 2.05) is 30.3 Å². The van der Waals surface area contributed by atoms with Crippen LogP contribution in [0.25, 0.3) is 0 Å². The number of pyridine rings is 1. The minimum Gasteiger partial charge on any atom is -0.491 e. The maximum Gasteiger partial charge on any atom is 0.250 e. The van der Waals surface area contributed by atoms with Gasteiger partial charge in [0.1, 0.15) is 24.5 Å². The number of hydrogen-bond acceptors (Lipinski definition) is 4. The Labute approximate surface area is 139 Å². The highest BCUT2D eigenvalue weighted by Gasteiger charge is 2.39. The van der Waals surface area contributed by atoms with Crippen molar-refractivity contribution in [2.24, 2.45) is 0 Å². The fraction of sp³-hybridized carbons (Fsp3) is 0.333. The molecule has 0 saturated carbocycles. The molecule has 3 rings (SSSR count). The first-order valence-corrected chi connectivity index (χ1v) is 7.89. The number of carbonyl (C=O) groups is 1. The molecule has 0 radical (unpaired) electrons. The van der Waals surface area contributed by atoms with Gasteiger partial charge < -0.3 is 19.3 Å². The van der Waals surface area contributed by atoms with E-state index in [4.69, 9.17) is 4.74 Å². The van der Waals surface area contributed by atoms with E-state index < -0.39 is 5.60 Å². The van der Waals surface area contributed by atoms with E-state index in [0.29, 0.717) is 18.7 Å². The summed E-state index contributed by atoms with van der Waals surface area (Å²) in [6, 6.07) is 14.0. The van der Waals surface area contributed by atoms with Gasteiger partial charge in [0.15, 0.2) is 0 Å². The minimum atomic E-state index is -1.06. The van der Waals surface area contributed by atoms with Gasteiger partial charge in [-0.15, -0.1) is 0 Å². The van der Waals surface area contributed by atoms with Crippen LogP contribution >= 0.6 is 0 Å². The van der Waals surface area contributed by atoms with E-state index in [0.717, 1.165) is 0 Å². The number of aromatic nitrogens is 1. The number of nitrogens with zero attached hydrogens (tertiary/aromatic N) is 2. The third-order valence-electron chi connectivity index (χ3n) is 4.14. The second-order valence-electron chi connectivity index (χ2n) is 6.06. The number of aliphatic hydroxyl groups is 1. The zero-order chi connectivity index (χ0) is 17.0. The van der Waals surface area contributed by atoms with Crippen LogP contribution in [0.3, 0.4) is 0 Å². The summed E-state index contributed by atoms with van der Waals surface area (Å²) in [5.74, 6) is 0.505. The molecule has 0 aliphatic carbocycles. The molecule has 6 heteroatoms. The summed E-state index contributed by atoms with van der Waals surface area (Å²) in [5, 5.41) is 10.6. The predicted molar refractivity (Wildman–Crippen MR) is 88.8 cm³/mol. The van der Waals surface area contributed by atoms with Crippen molar-refractivity contribution in [1.82, 2.24) is 9.47 Å². The van der Waals surface area contributed by atoms with Crippen molar-refractivity contribution in [3.8, 4) is 5.75 Å². The summed E-state index contributed by atoms with van der Waals surface area (Å²) in [6.07, 6.45) is 2.04. The lowest BCUT2D eigenvalue weighted by molar-refractivity contribution is -0.132. The van der Waals surface area contributed by atoms with Gasteiger partial charge >= 0.3 is 0 Å². The maximum absolute atomic E-state index is 12.3. The van der Waals surface area contributed by atoms with E-state index in [-0.39, 0.29) is 31.2 Å². The topological polar surface area (TPSA) is 71.8 Å². The molecule has 2 heterocycles. The number of ether oxygens (including phenoxy) is 1. The lowest BCUT2D eigenvalue weighted by Crippen LogP contribution is -2.42. The van der Waals surface area contributed by atoms with Crippen molar-refractivity contribution in [3.05, 3.63) is 65.1 Å². The lowest BCUT2D eigenvalue weighted by atomic mass is 10.1. The molecule has 1 saturated heterocycles. The average Bonchev–Trinajstić information content (AvgIpc) is 2.99. The Balaban J connectivity index is 1.57. The van der Waals surface area contributed by atoms with E-state index in [1.165, 1.54) is 10.6 Å². The molecule has 1 amide bonds. The Morgan fingerprint density at radius 1 is 1.17 bits per heavy atom. The molecule has 24 heavy (non-hydrogen) atoms. The van der Waals surface area contributed by atoms with Crippen molar-refractivity contribution in [2.75, 3.05) is 19.7 Å². The van der Waals surface area contributed by atoms with Crippen molar-refractivity contribution in [2.45, 2.75) is 18.6 Å². The highest BCUT2D eigenvalue weighted by molar-refractivity contribution is 5.76. The zero-order valence-electron chi connectivity index (χ0n) is 13.3. The van der Waals surface area contributed by atoms with Crippen molar-refractivity contribution >= 4 is 5.91 Å². The van der Waals surface area contributed by atoms with Gasteiger partial charge in [0, 0.05) is 18.8 Å². The van der Waals surface area contributed by atoms with Crippen molar-refractivity contribution < 1.29 is 14.6 Å².